The molecule has 1 heterocycles. The Hall–Kier alpha value is -3.15. The van der Waals surface area contributed by atoms with Crippen LogP contribution in [0.3, 0.4) is 0 Å². The summed E-state index contributed by atoms with van der Waals surface area (Å²) >= 11 is 0. The number of ether oxygens (including phenoxy) is 1. The summed E-state index contributed by atoms with van der Waals surface area (Å²) in [5.74, 6) is 1.28. The Morgan fingerprint density at radius 3 is 2.40 bits per heavy atom. The summed E-state index contributed by atoms with van der Waals surface area (Å²) in [5, 5.41) is 16.5. The van der Waals surface area contributed by atoms with Gasteiger partial charge in [-0.1, -0.05) is 30.3 Å². The highest BCUT2D eigenvalue weighted by atomic mass is 16.5. The number of rotatable bonds is 9. The van der Waals surface area contributed by atoms with Gasteiger partial charge in [-0.25, -0.2) is 9.78 Å². The van der Waals surface area contributed by atoms with Gasteiger partial charge in [-0.3, -0.25) is 5.10 Å². The van der Waals surface area contributed by atoms with E-state index < -0.39 is 11.6 Å². The maximum Gasteiger partial charge on any atom is 0.347 e. The summed E-state index contributed by atoms with van der Waals surface area (Å²) in [4.78, 5) is 15.8. The second kappa shape index (κ2) is 9.11. The Morgan fingerprint density at radius 2 is 1.73 bits per heavy atom. The minimum atomic E-state index is -1.25. The van der Waals surface area contributed by atoms with E-state index in [1.807, 2.05) is 24.3 Å². The molecule has 3 rings (SSSR count). The number of nitrogens with zero attached hydrogens (tertiary/aromatic N) is 2. The summed E-state index contributed by atoms with van der Waals surface area (Å²) in [5.41, 5.74) is 3.73. The van der Waals surface area contributed by atoms with Crippen LogP contribution in [0, 0.1) is 13.8 Å². The molecule has 0 aliphatic rings. The highest BCUT2D eigenvalue weighted by Gasteiger charge is 2.29. The predicted octanol–water partition coefficient (Wildman–Crippen LogP) is 4.43. The molecule has 0 fully saturated rings. The van der Waals surface area contributed by atoms with Gasteiger partial charge in [-0.15, -0.1) is 0 Å². The number of aliphatic carboxylic acids is 1. The predicted molar refractivity (Wildman–Crippen MR) is 116 cm³/mol. The largest absolute Gasteiger partial charge is 0.478 e. The number of aryl methyl sites for hydroxylation is 4. The molecule has 0 spiro atoms. The van der Waals surface area contributed by atoms with E-state index in [1.54, 1.807) is 0 Å². The topological polar surface area (TPSA) is 88.1 Å². The smallest absolute Gasteiger partial charge is 0.347 e. The fraction of sp³-hybridized carbons (Fsp3) is 0.375. The number of hydrogen-bond acceptors (Lipinski definition) is 4. The van der Waals surface area contributed by atoms with E-state index in [0.29, 0.717) is 5.75 Å². The minimum Gasteiger partial charge on any atom is -0.478 e. The molecule has 2 N–H and O–H groups in total. The number of benzene rings is 2. The third kappa shape index (κ3) is 5.69. The van der Waals surface area contributed by atoms with Gasteiger partial charge in [-0.05, 0) is 74.9 Å². The summed E-state index contributed by atoms with van der Waals surface area (Å²) in [6.07, 6.45) is 3.38. The quantitative estimate of drug-likeness (QED) is 0.548. The van der Waals surface area contributed by atoms with Crippen molar-refractivity contribution in [1.29, 1.82) is 0 Å². The first-order chi connectivity index (χ1) is 14.2. The van der Waals surface area contributed by atoms with E-state index in [0.717, 1.165) is 37.3 Å². The van der Waals surface area contributed by atoms with Crippen LogP contribution in [0.2, 0.25) is 0 Å². The van der Waals surface area contributed by atoms with E-state index in [9.17, 15) is 4.79 Å². The Bertz CT molecular complexity index is 1010. The molecule has 0 aliphatic heterocycles. The molecular weight excluding hydrogens is 378 g/mol. The normalized spacial score (nSPS) is 11.5. The first kappa shape index (κ1) is 21.6. The van der Waals surface area contributed by atoms with Crippen molar-refractivity contribution in [3.05, 3.63) is 76.4 Å². The van der Waals surface area contributed by atoms with Crippen LogP contribution in [0.25, 0.3) is 0 Å². The van der Waals surface area contributed by atoms with Gasteiger partial charge in [0.2, 0.25) is 0 Å². The fourth-order valence-electron chi connectivity index (χ4n) is 3.15. The fourth-order valence-corrected chi connectivity index (χ4v) is 3.15. The standard InChI is InChI=1S/C24H29N3O3/c1-16-8-9-19(14-17(16)2)15-22-25-21(26-27-22)7-5-6-18-10-12-20(13-11-18)30-24(3,4)23(28)29/h8-14H,5-7,15H2,1-4H3,(H,28,29)(H,25,26,27). The SMILES string of the molecule is Cc1ccc(Cc2nc(CCCc3ccc(OC(C)(C)C(=O)O)cc3)n[nH]2)cc1C. The van der Waals surface area contributed by atoms with Gasteiger partial charge in [0.15, 0.2) is 11.4 Å². The molecule has 0 unspecified atom stereocenters. The molecule has 0 radical (unpaired) electrons. The first-order valence-corrected chi connectivity index (χ1v) is 10.2. The number of hydrogen-bond donors (Lipinski definition) is 2. The molecule has 6 nitrogen and oxygen atoms in total. The lowest BCUT2D eigenvalue weighted by molar-refractivity contribution is -0.152. The number of carboxylic acid groups (broad SMARTS) is 1. The molecular formula is C24H29N3O3. The van der Waals surface area contributed by atoms with E-state index >= 15 is 0 Å². The van der Waals surface area contributed by atoms with Crippen molar-refractivity contribution in [2.24, 2.45) is 0 Å². The van der Waals surface area contributed by atoms with Crippen molar-refractivity contribution in [3.8, 4) is 5.75 Å². The second-order valence-electron chi connectivity index (χ2n) is 8.21. The van der Waals surface area contributed by atoms with Crippen molar-refractivity contribution in [2.75, 3.05) is 0 Å². The van der Waals surface area contributed by atoms with Crippen molar-refractivity contribution < 1.29 is 14.6 Å². The molecule has 2 aromatic carbocycles. The number of aromatic nitrogens is 3. The Kier molecular flexibility index (Phi) is 6.55. The van der Waals surface area contributed by atoms with E-state index in [2.05, 4.69) is 47.2 Å². The average molecular weight is 408 g/mol. The third-order valence-electron chi connectivity index (χ3n) is 5.20. The lowest BCUT2D eigenvalue weighted by atomic mass is 10.0. The van der Waals surface area contributed by atoms with Crippen LogP contribution in [-0.4, -0.2) is 31.9 Å². The van der Waals surface area contributed by atoms with Crippen LogP contribution in [0.1, 0.15) is 54.2 Å². The molecule has 3 aromatic rings. The second-order valence-corrected chi connectivity index (χ2v) is 8.21. The van der Waals surface area contributed by atoms with Gasteiger partial charge >= 0.3 is 5.97 Å². The molecule has 0 aliphatic carbocycles. The molecule has 0 atom stereocenters. The lowest BCUT2D eigenvalue weighted by Gasteiger charge is -2.21. The molecule has 0 saturated heterocycles. The Balaban J connectivity index is 1.48. The average Bonchev–Trinajstić information content (AvgIpc) is 3.13. The van der Waals surface area contributed by atoms with E-state index in [1.165, 1.54) is 36.1 Å². The summed E-state index contributed by atoms with van der Waals surface area (Å²) in [6, 6.07) is 14.0. The van der Waals surface area contributed by atoms with Gasteiger partial charge in [0.05, 0.1) is 0 Å². The zero-order chi connectivity index (χ0) is 21.7. The maximum absolute atomic E-state index is 11.2. The molecule has 0 bridgehead atoms. The number of nitrogens with one attached hydrogen (secondary N) is 1. The van der Waals surface area contributed by atoms with Crippen molar-refractivity contribution >= 4 is 5.97 Å². The van der Waals surface area contributed by atoms with E-state index in [-0.39, 0.29) is 0 Å². The zero-order valence-corrected chi connectivity index (χ0v) is 18.0. The van der Waals surface area contributed by atoms with Gasteiger partial charge < -0.3 is 9.84 Å². The molecule has 30 heavy (non-hydrogen) atoms. The highest BCUT2D eigenvalue weighted by molar-refractivity contribution is 5.76. The van der Waals surface area contributed by atoms with Crippen LogP contribution in [-0.2, 0) is 24.1 Å². The van der Waals surface area contributed by atoms with Crippen LogP contribution >= 0.6 is 0 Å². The molecule has 0 saturated carbocycles. The molecule has 158 valence electrons. The van der Waals surface area contributed by atoms with Crippen molar-refractivity contribution in [2.45, 2.75) is 59.0 Å². The van der Waals surface area contributed by atoms with Gasteiger partial charge in [0.1, 0.15) is 11.6 Å². The number of aromatic amines is 1. The van der Waals surface area contributed by atoms with Crippen molar-refractivity contribution in [3.63, 3.8) is 0 Å². The Labute approximate surface area is 177 Å². The summed E-state index contributed by atoms with van der Waals surface area (Å²) < 4.78 is 5.53. The third-order valence-corrected chi connectivity index (χ3v) is 5.20. The van der Waals surface area contributed by atoms with Gasteiger partial charge in [0, 0.05) is 12.8 Å². The summed E-state index contributed by atoms with van der Waals surface area (Å²) in [6.45, 7) is 7.31. The molecule has 0 amide bonds. The van der Waals surface area contributed by atoms with Crippen molar-refractivity contribution in [1.82, 2.24) is 15.2 Å². The molecule has 1 aromatic heterocycles. The van der Waals surface area contributed by atoms with Crippen LogP contribution in [0.5, 0.6) is 5.75 Å². The van der Waals surface area contributed by atoms with Gasteiger partial charge in [-0.2, -0.15) is 5.10 Å². The Morgan fingerprint density at radius 1 is 1.03 bits per heavy atom. The minimum absolute atomic E-state index is 0.552. The van der Waals surface area contributed by atoms with Crippen LogP contribution in [0.4, 0.5) is 0 Å². The van der Waals surface area contributed by atoms with Crippen LogP contribution < -0.4 is 4.74 Å². The van der Waals surface area contributed by atoms with E-state index in [4.69, 9.17) is 9.84 Å². The molecule has 6 heteroatoms. The maximum atomic E-state index is 11.2. The first-order valence-electron chi connectivity index (χ1n) is 10.2. The summed E-state index contributed by atoms with van der Waals surface area (Å²) in [7, 11) is 0. The zero-order valence-electron chi connectivity index (χ0n) is 18.0. The number of H-pyrrole nitrogens is 1. The number of carboxylic acids is 1. The highest BCUT2D eigenvalue weighted by Crippen LogP contribution is 2.20. The van der Waals surface area contributed by atoms with Gasteiger partial charge in [0.25, 0.3) is 0 Å². The monoisotopic (exact) mass is 407 g/mol. The van der Waals surface area contributed by atoms with Crippen LogP contribution in [0.15, 0.2) is 42.5 Å². The lowest BCUT2D eigenvalue weighted by Crippen LogP contribution is -2.37. The number of carbonyl (C=O) groups is 1.